The van der Waals surface area contributed by atoms with Crippen molar-refractivity contribution in [2.75, 3.05) is 85.9 Å². The molecule has 0 fully saturated rings. The van der Waals surface area contributed by atoms with Crippen molar-refractivity contribution in [1.82, 2.24) is 0 Å². The number of ether oxygens (including phenoxy) is 7. The van der Waals surface area contributed by atoms with Crippen molar-refractivity contribution < 1.29 is 72.5 Å². The molecule has 11 nitrogen and oxygen atoms in total. The van der Waals surface area contributed by atoms with Gasteiger partial charge in [0.1, 0.15) is 0 Å². The van der Waals surface area contributed by atoms with Crippen LogP contribution in [0.5, 0.6) is 5.75 Å². The van der Waals surface area contributed by atoms with E-state index in [2.05, 4.69) is 4.74 Å². The monoisotopic (exact) mass is 674 g/mol. The van der Waals surface area contributed by atoms with Crippen molar-refractivity contribution in [1.29, 1.82) is 0 Å². The van der Waals surface area contributed by atoms with E-state index in [1.807, 2.05) is 6.92 Å². The Morgan fingerprint density at radius 1 is 0.556 bits per heavy atom. The Labute approximate surface area is 257 Å². The average Bonchev–Trinajstić information content (AvgIpc) is 3.02. The molecule has 2 rings (SSSR count). The van der Waals surface area contributed by atoms with Crippen molar-refractivity contribution in [3.63, 3.8) is 0 Å². The number of benzene rings is 2. The van der Waals surface area contributed by atoms with Gasteiger partial charge < -0.3 is 33.2 Å². The van der Waals surface area contributed by atoms with Crippen molar-refractivity contribution >= 4 is 16.1 Å². The Hall–Kier alpha value is -2.77. The van der Waals surface area contributed by atoms with E-state index in [0.717, 1.165) is 5.56 Å². The second kappa shape index (κ2) is 21.1. The van der Waals surface area contributed by atoms with Gasteiger partial charge in [0.05, 0.1) is 97.2 Å². The predicted octanol–water partition coefficient (Wildman–Crippen LogP) is 3.49. The molecule has 0 saturated heterocycles. The van der Waals surface area contributed by atoms with Crippen LogP contribution in [0.4, 0.5) is 22.0 Å². The maximum absolute atomic E-state index is 13.5. The lowest BCUT2D eigenvalue weighted by Gasteiger charge is -2.09. The summed E-state index contributed by atoms with van der Waals surface area (Å²) in [4.78, 5) is 11.7. The lowest BCUT2D eigenvalue weighted by atomic mass is 10.2. The minimum absolute atomic E-state index is 0.0632. The van der Waals surface area contributed by atoms with Gasteiger partial charge in [0, 0.05) is 0 Å². The zero-order valence-electron chi connectivity index (χ0n) is 24.5. The van der Waals surface area contributed by atoms with E-state index in [0.29, 0.717) is 33.0 Å². The van der Waals surface area contributed by atoms with E-state index in [1.54, 1.807) is 12.1 Å². The minimum Gasteiger partial charge on any atom is -0.420 e. The Morgan fingerprint density at radius 3 is 1.33 bits per heavy atom. The van der Waals surface area contributed by atoms with Gasteiger partial charge in [-0.1, -0.05) is 17.7 Å². The van der Waals surface area contributed by atoms with Gasteiger partial charge in [-0.2, -0.15) is 17.2 Å². The van der Waals surface area contributed by atoms with Crippen LogP contribution in [0.3, 0.4) is 0 Å². The number of aryl methyl sites for hydroxylation is 1. The molecule has 0 aromatic heterocycles. The number of rotatable bonds is 24. The molecule has 0 aliphatic heterocycles. The topological polar surface area (TPSA) is 125 Å². The molecule has 254 valence electrons. The van der Waals surface area contributed by atoms with Crippen LogP contribution in [0, 0.1) is 36.0 Å². The van der Waals surface area contributed by atoms with E-state index in [4.69, 9.17) is 32.6 Å². The molecule has 0 aliphatic rings. The normalized spacial score (nSPS) is 11.7. The highest BCUT2D eigenvalue weighted by atomic mass is 32.2. The summed E-state index contributed by atoms with van der Waals surface area (Å²) in [5, 5.41) is 0. The molecule has 0 heterocycles. The van der Waals surface area contributed by atoms with Crippen LogP contribution in [-0.2, 0) is 47.5 Å². The maximum Gasteiger partial charge on any atom is 0.313 e. The van der Waals surface area contributed by atoms with Gasteiger partial charge in [-0.25, -0.2) is 13.2 Å². The number of halogens is 5. The first-order valence-electron chi connectivity index (χ1n) is 13.7. The quantitative estimate of drug-likeness (QED) is 0.0309. The second-order valence-electron chi connectivity index (χ2n) is 8.89. The first-order valence-corrected chi connectivity index (χ1v) is 15.1. The smallest absolute Gasteiger partial charge is 0.313 e. The first kappa shape index (κ1) is 38.4. The maximum atomic E-state index is 13.5. The molecule has 17 heteroatoms. The van der Waals surface area contributed by atoms with Crippen LogP contribution in [0.15, 0.2) is 29.2 Å². The molecule has 2 aromatic carbocycles. The highest BCUT2D eigenvalue weighted by Crippen LogP contribution is 2.29. The molecule has 0 N–H and O–H groups in total. The second-order valence-corrected chi connectivity index (χ2v) is 10.5. The summed E-state index contributed by atoms with van der Waals surface area (Å²) in [7, 11) is -3.82. The summed E-state index contributed by atoms with van der Waals surface area (Å²) in [6.45, 7) is 4.22. The van der Waals surface area contributed by atoms with E-state index in [-0.39, 0.29) is 57.8 Å². The largest absolute Gasteiger partial charge is 0.420 e. The van der Waals surface area contributed by atoms with Crippen molar-refractivity contribution in [2.24, 2.45) is 0 Å². The molecule has 45 heavy (non-hydrogen) atoms. The molecule has 0 atom stereocenters. The summed E-state index contributed by atoms with van der Waals surface area (Å²) in [5.74, 6) is -14.2. The van der Waals surface area contributed by atoms with Gasteiger partial charge in [-0.3, -0.25) is 8.98 Å². The van der Waals surface area contributed by atoms with Gasteiger partial charge in [0.2, 0.25) is 34.8 Å². The van der Waals surface area contributed by atoms with E-state index >= 15 is 0 Å². The third kappa shape index (κ3) is 14.5. The first-order chi connectivity index (χ1) is 21.5. The van der Waals surface area contributed by atoms with Crippen LogP contribution in [0.1, 0.15) is 12.0 Å². The number of hydrogen-bond donors (Lipinski definition) is 0. The Morgan fingerprint density at radius 2 is 0.911 bits per heavy atom. The van der Waals surface area contributed by atoms with Gasteiger partial charge in [-0.15, -0.1) is 0 Å². The number of esters is 1. The summed E-state index contributed by atoms with van der Waals surface area (Å²) >= 11 is 0. The summed E-state index contributed by atoms with van der Waals surface area (Å²) in [6.07, 6.45) is -0.500. The Balaban J connectivity index is 1.33. The van der Waals surface area contributed by atoms with Crippen LogP contribution < -0.4 is 4.74 Å². The fourth-order valence-corrected chi connectivity index (χ4v) is 4.06. The van der Waals surface area contributed by atoms with Gasteiger partial charge in [-0.05, 0) is 19.1 Å². The molecule has 0 unspecified atom stereocenters. The third-order valence-corrected chi connectivity index (χ3v) is 6.80. The number of hydrogen-bond acceptors (Lipinski definition) is 11. The highest BCUT2D eigenvalue weighted by molar-refractivity contribution is 7.86. The third-order valence-electron chi connectivity index (χ3n) is 5.47. The van der Waals surface area contributed by atoms with Crippen molar-refractivity contribution in [3.05, 3.63) is 58.9 Å². The summed E-state index contributed by atoms with van der Waals surface area (Å²) in [6, 6.07) is 6.34. The Bertz CT molecular complexity index is 1250. The summed E-state index contributed by atoms with van der Waals surface area (Å²) < 4.78 is 131. The van der Waals surface area contributed by atoms with E-state index in [9.17, 15) is 35.2 Å². The molecule has 2 aromatic rings. The standard InChI is InChI=1S/C28H35F5O11S/c1-20-2-4-21(5-3-20)45(35,36)43-19-18-42-17-16-41-15-14-40-13-12-39-11-10-38-9-8-37-7-6-22(34)44-28-26(32)24(30)23(29)25(31)27(28)33/h2-5H,6-19H2,1H3. The SMILES string of the molecule is Cc1ccc(S(=O)(=O)OCCOCCOCCOCCOCCOCCOCCC(=O)Oc2c(F)c(F)c(F)c(F)c2F)cc1. The highest BCUT2D eigenvalue weighted by Gasteiger charge is 2.28. The molecule has 0 bridgehead atoms. The van der Waals surface area contributed by atoms with Crippen LogP contribution >= 0.6 is 0 Å². The summed E-state index contributed by atoms with van der Waals surface area (Å²) in [5.41, 5.74) is 0.943. The van der Waals surface area contributed by atoms with Crippen LogP contribution in [0.2, 0.25) is 0 Å². The Kier molecular flexibility index (Phi) is 18.0. The fraction of sp³-hybridized carbons (Fsp3) is 0.536. The zero-order valence-corrected chi connectivity index (χ0v) is 25.3. The molecule has 0 aliphatic carbocycles. The molecule has 0 spiro atoms. The van der Waals surface area contributed by atoms with E-state index in [1.165, 1.54) is 12.1 Å². The van der Waals surface area contributed by atoms with Gasteiger partial charge in [0.25, 0.3) is 10.1 Å². The van der Waals surface area contributed by atoms with Gasteiger partial charge >= 0.3 is 5.97 Å². The van der Waals surface area contributed by atoms with Crippen molar-refractivity contribution in [2.45, 2.75) is 18.2 Å². The van der Waals surface area contributed by atoms with E-state index < -0.39 is 57.3 Å². The molecule has 0 radical (unpaired) electrons. The molecular weight excluding hydrogens is 639 g/mol. The average molecular weight is 675 g/mol. The van der Waals surface area contributed by atoms with Crippen molar-refractivity contribution in [3.8, 4) is 5.75 Å². The van der Waals surface area contributed by atoms with Crippen LogP contribution in [-0.4, -0.2) is 100 Å². The zero-order chi connectivity index (χ0) is 33.1. The van der Waals surface area contributed by atoms with Crippen LogP contribution in [0.25, 0.3) is 0 Å². The minimum atomic E-state index is -3.82. The molecular formula is C28H35F5O11S. The molecule has 0 saturated carbocycles. The lowest BCUT2D eigenvalue weighted by molar-refractivity contribution is -0.136. The fourth-order valence-electron chi connectivity index (χ4n) is 3.17. The predicted molar refractivity (Wildman–Crippen MR) is 146 cm³/mol. The lowest BCUT2D eigenvalue weighted by Crippen LogP contribution is -2.16. The molecule has 0 amide bonds. The number of carbonyl (C=O) groups is 1. The van der Waals surface area contributed by atoms with Gasteiger partial charge in [0.15, 0.2) is 0 Å². The number of carbonyl (C=O) groups excluding carboxylic acids is 1.